The predicted octanol–water partition coefficient (Wildman–Crippen LogP) is 3.77. The van der Waals surface area contributed by atoms with Crippen LogP contribution in [0.15, 0.2) is 48.5 Å². The van der Waals surface area contributed by atoms with Crippen LogP contribution in [0.5, 0.6) is 5.75 Å². The van der Waals surface area contributed by atoms with Crippen molar-refractivity contribution in [3.05, 3.63) is 65.2 Å². The molecule has 21 heavy (non-hydrogen) atoms. The molecule has 0 saturated heterocycles. The molecule has 0 aliphatic carbocycles. The highest BCUT2D eigenvalue weighted by molar-refractivity contribution is 5.42. The number of para-hydroxylation sites is 1. The lowest BCUT2D eigenvalue weighted by Crippen LogP contribution is -2.10. The smallest absolute Gasteiger partial charge is 0.144 e. The quantitative estimate of drug-likeness (QED) is 0.781. The van der Waals surface area contributed by atoms with Gasteiger partial charge in [0.1, 0.15) is 11.9 Å². The summed E-state index contributed by atoms with van der Waals surface area (Å²) >= 11 is 0. The van der Waals surface area contributed by atoms with Crippen molar-refractivity contribution in [2.75, 3.05) is 0 Å². The highest BCUT2D eigenvalue weighted by Crippen LogP contribution is 2.24. The van der Waals surface area contributed by atoms with Gasteiger partial charge in [-0.25, -0.2) is 0 Å². The van der Waals surface area contributed by atoms with Crippen molar-refractivity contribution in [2.45, 2.75) is 32.3 Å². The van der Waals surface area contributed by atoms with E-state index in [2.05, 4.69) is 44.7 Å². The second kappa shape index (κ2) is 6.03. The minimum Gasteiger partial charge on any atom is -0.508 e. The standard InChI is InChI=1S/C19H20O2/c1-19(2,3)15-11-8-14(9-12-15)10-13-18(21)16-6-4-5-7-17(16)20/h4-9,11-12,18,20-21H,1-3H3. The van der Waals surface area contributed by atoms with Crippen LogP contribution in [-0.4, -0.2) is 10.2 Å². The number of phenols is 1. The predicted molar refractivity (Wildman–Crippen MR) is 85.1 cm³/mol. The average Bonchev–Trinajstić information content (AvgIpc) is 2.45. The second-order valence-corrected chi connectivity index (χ2v) is 6.06. The van der Waals surface area contributed by atoms with E-state index < -0.39 is 6.10 Å². The van der Waals surface area contributed by atoms with Gasteiger partial charge >= 0.3 is 0 Å². The Bertz CT molecular complexity index is 667. The van der Waals surface area contributed by atoms with Gasteiger partial charge in [0.05, 0.1) is 0 Å². The molecular formula is C19H20O2. The number of aliphatic hydroxyl groups is 1. The van der Waals surface area contributed by atoms with Crippen LogP contribution in [0.1, 0.15) is 43.6 Å². The summed E-state index contributed by atoms with van der Waals surface area (Å²) in [5, 5.41) is 19.7. The van der Waals surface area contributed by atoms with E-state index in [0.717, 1.165) is 5.56 Å². The van der Waals surface area contributed by atoms with Crippen molar-refractivity contribution >= 4 is 0 Å². The third kappa shape index (κ3) is 3.87. The molecule has 1 unspecified atom stereocenters. The highest BCUT2D eigenvalue weighted by atomic mass is 16.3. The largest absolute Gasteiger partial charge is 0.508 e. The Balaban J connectivity index is 2.18. The van der Waals surface area contributed by atoms with Crippen molar-refractivity contribution in [1.29, 1.82) is 0 Å². The maximum atomic E-state index is 10.0. The van der Waals surface area contributed by atoms with Crippen LogP contribution in [-0.2, 0) is 5.41 Å². The molecule has 0 aliphatic rings. The molecule has 0 aromatic heterocycles. The van der Waals surface area contributed by atoms with Crippen LogP contribution in [0.25, 0.3) is 0 Å². The van der Waals surface area contributed by atoms with Gasteiger partial charge in [-0.1, -0.05) is 62.9 Å². The molecule has 0 spiro atoms. The van der Waals surface area contributed by atoms with Crippen molar-refractivity contribution in [3.8, 4) is 17.6 Å². The summed E-state index contributed by atoms with van der Waals surface area (Å²) in [4.78, 5) is 0. The third-order valence-electron chi connectivity index (χ3n) is 3.34. The summed E-state index contributed by atoms with van der Waals surface area (Å²) in [6, 6.07) is 14.7. The molecule has 0 saturated carbocycles. The fourth-order valence-corrected chi connectivity index (χ4v) is 2.00. The van der Waals surface area contributed by atoms with Gasteiger partial charge in [-0.3, -0.25) is 0 Å². The zero-order chi connectivity index (χ0) is 15.5. The second-order valence-electron chi connectivity index (χ2n) is 6.06. The zero-order valence-corrected chi connectivity index (χ0v) is 12.6. The van der Waals surface area contributed by atoms with Gasteiger partial charge in [0, 0.05) is 11.1 Å². The first-order chi connectivity index (χ1) is 9.88. The summed E-state index contributed by atoms with van der Waals surface area (Å²) in [6.07, 6.45) is -0.992. The van der Waals surface area contributed by atoms with Gasteiger partial charge in [-0.15, -0.1) is 0 Å². The Morgan fingerprint density at radius 1 is 0.952 bits per heavy atom. The summed E-state index contributed by atoms with van der Waals surface area (Å²) in [5.41, 5.74) is 2.63. The third-order valence-corrected chi connectivity index (χ3v) is 3.34. The van der Waals surface area contributed by atoms with Gasteiger partial charge in [-0.2, -0.15) is 0 Å². The molecule has 1 atom stereocenters. The van der Waals surface area contributed by atoms with Gasteiger partial charge in [0.2, 0.25) is 0 Å². The van der Waals surface area contributed by atoms with Gasteiger partial charge < -0.3 is 10.2 Å². The van der Waals surface area contributed by atoms with Crippen molar-refractivity contribution in [3.63, 3.8) is 0 Å². The molecule has 2 rings (SSSR count). The van der Waals surface area contributed by atoms with Crippen LogP contribution in [0.4, 0.5) is 0 Å². The Hall–Kier alpha value is -2.24. The molecule has 2 aromatic rings. The first-order valence-corrected chi connectivity index (χ1v) is 6.96. The highest BCUT2D eigenvalue weighted by Gasteiger charge is 2.12. The fraction of sp³-hybridized carbons (Fsp3) is 0.263. The molecule has 2 heteroatoms. The summed E-state index contributed by atoms with van der Waals surface area (Å²) in [6.45, 7) is 6.49. The van der Waals surface area contributed by atoms with E-state index in [9.17, 15) is 10.2 Å². The molecule has 108 valence electrons. The Labute approximate surface area is 126 Å². The maximum absolute atomic E-state index is 10.0. The lowest BCUT2D eigenvalue weighted by molar-refractivity contribution is 0.233. The lowest BCUT2D eigenvalue weighted by Gasteiger charge is -2.18. The van der Waals surface area contributed by atoms with E-state index in [4.69, 9.17) is 0 Å². The Morgan fingerprint density at radius 2 is 1.57 bits per heavy atom. The number of aromatic hydroxyl groups is 1. The van der Waals surface area contributed by atoms with Crippen molar-refractivity contribution in [2.24, 2.45) is 0 Å². The molecule has 0 bridgehead atoms. The molecule has 2 aromatic carbocycles. The lowest BCUT2D eigenvalue weighted by atomic mass is 9.87. The average molecular weight is 280 g/mol. The van der Waals surface area contributed by atoms with Gasteiger partial charge in [-0.05, 0) is 29.2 Å². The topological polar surface area (TPSA) is 40.5 Å². The summed E-state index contributed by atoms with van der Waals surface area (Å²) in [7, 11) is 0. The number of phenolic OH excluding ortho intramolecular Hbond substituents is 1. The molecule has 0 fully saturated rings. The molecule has 0 radical (unpaired) electrons. The van der Waals surface area contributed by atoms with Gasteiger partial charge in [0.15, 0.2) is 0 Å². The van der Waals surface area contributed by atoms with Crippen LogP contribution >= 0.6 is 0 Å². The van der Waals surface area contributed by atoms with Crippen molar-refractivity contribution < 1.29 is 10.2 Å². The maximum Gasteiger partial charge on any atom is 0.144 e. The van der Waals surface area contributed by atoms with Crippen LogP contribution in [0, 0.1) is 11.8 Å². The van der Waals surface area contributed by atoms with E-state index in [0.29, 0.717) is 5.56 Å². The fourth-order valence-electron chi connectivity index (χ4n) is 2.00. The van der Waals surface area contributed by atoms with E-state index >= 15 is 0 Å². The first kappa shape index (κ1) is 15.2. The molecular weight excluding hydrogens is 260 g/mol. The number of hydrogen-bond donors (Lipinski definition) is 2. The monoisotopic (exact) mass is 280 g/mol. The van der Waals surface area contributed by atoms with Gasteiger partial charge in [0.25, 0.3) is 0 Å². The minimum absolute atomic E-state index is 0.0578. The van der Waals surface area contributed by atoms with Crippen LogP contribution in [0.2, 0.25) is 0 Å². The minimum atomic E-state index is -0.992. The number of benzene rings is 2. The molecule has 2 nitrogen and oxygen atoms in total. The van der Waals surface area contributed by atoms with E-state index in [1.165, 1.54) is 5.56 Å². The SMILES string of the molecule is CC(C)(C)c1ccc(C#CC(O)c2ccccc2O)cc1. The first-order valence-electron chi connectivity index (χ1n) is 6.96. The molecule has 2 N–H and O–H groups in total. The number of aliphatic hydroxyl groups excluding tert-OH is 1. The molecule has 0 heterocycles. The molecule has 0 aliphatic heterocycles. The van der Waals surface area contributed by atoms with Crippen molar-refractivity contribution in [1.82, 2.24) is 0 Å². The number of rotatable bonds is 1. The summed E-state index contributed by atoms with van der Waals surface area (Å²) < 4.78 is 0. The van der Waals surface area contributed by atoms with E-state index in [-0.39, 0.29) is 11.2 Å². The van der Waals surface area contributed by atoms with E-state index in [1.807, 2.05) is 12.1 Å². The Morgan fingerprint density at radius 3 is 2.14 bits per heavy atom. The zero-order valence-electron chi connectivity index (χ0n) is 12.6. The molecule has 0 amide bonds. The van der Waals surface area contributed by atoms with Crippen LogP contribution in [0.3, 0.4) is 0 Å². The normalized spacial score (nSPS) is 12.4. The number of hydrogen-bond acceptors (Lipinski definition) is 2. The summed E-state index contributed by atoms with van der Waals surface area (Å²) in [5.74, 6) is 5.76. The Kier molecular flexibility index (Phi) is 4.35. The van der Waals surface area contributed by atoms with E-state index in [1.54, 1.807) is 24.3 Å². The van der Waals surface area contributed by atoms with Crippen LogP contribution < -0.4 is 0 Å².